The van der Waals surface area contributed by atoms with Crippen molar-refractivity contribution in [3.05, 3.63) is 0 Å². The first-order valence-corrected chi connectivity index (χ1v) is 9.05. The number of hydrogen-bond donors (Lipinski definition) is 1. The normalized spacial score (nSPS) is 23.9. The summed E-state index contributed by atoms with van der Waals surface area (Å²) in [4.78, 5) is 10.3. The zero-order valence-corrected chi connectivity index (χ0v) is 14.8. The first-order valence-electron chi connectivity index (χ1n) is 9.05. The Morgan fingerprint density at radius 3 is 1.17 bits per heavy atom. The number of rotatable bonds is 1. The van der Waals surface area contributed by atoms with Crippen molar-refractivity contribution in [1.29, 1.82) is 0 Å². The van der Waals surface area contributed by atoms with Gasteiger partial charge in [-0.1, -0.05) is 13.8 Å². The van der Waals surface area contributed by atoms with Crippen molar-refractivity contribution in [2.75, 3.05) is 39.6 Å². The van der Waals surface area contributed by atoms with Crippen molar-refractivity contribution in [3.63, 3.8) is 0 Å². The lowest BCUT2D eigenvalue weighted by Gasteiger charge is -2.17. The average molecular weight is 330 g/mol. The van der Waals surface area contributed by atoms with Gasteiger partial charge >= 0.3 is 5.97 Å². The molecule has 0 aliphatic carbocycles. The second-order valence-electron chi connectivity index (χ2n) is 6.81. The molecule has 3 fully saturated rings. The maximum absolute atomic E-state index is 10.3. The van der Waals surface area contributed by atoms with E-state index in [0.717, 1.165) is 38.3 Å². The molecule has 0 bridgehead atoms. The molecule has 0 radical (unpaired) electrons. The molecule has 5 nitrogen and oxygen atoms in total. The van der Waals surface area contributed by atoms with Crippen LogP contribution < -0.4 is 0 Å². The molecule has 5 heteroatoms. The molecular formula is C18H34O5. The summed E-state index contributed by atoms with van der Waals surface area (Å²) in [7, 11) is 0. The minimum atomic E-state index is -0.682. The van der Waals surface area contributed by atoms with E-state index < -0.39 is 5.97 Å². The quantitative estimate of drug-likeness (QED) is 0.798. The van der Waals surface area contributed by atoms with Crippen LogP contribution in [0.4, 0.5) is 0 Å². The Morgan fingerprint density at radius 1 is 0.696 bits per heavy atom. The highest BCUT2D eigenvalue weighted by Gasteiger charge is 2.19. The highest BCUT2D eigenvalue weighted by molar-refractivity contribution is 5.69. The summed E-state index contributed by atoms with van der Waals surface area (Å²) < 4.78 is 15.3. The highest BCUT2D eigenvalue weighted by Crippen LogP contribution is 2.14. The second-order valence-corrected chi connectivity index (χ2v) is 6.81. The van der Waals surface area contributed by atoms with Gasteiger partial charge in [0.15, 0.2) is 0 Å². The van der Waals surface area contributed by atoms with Crippen molar-refractivity contribution in [3.8, 4) is 0 Å². The summed E-state index contributed by atoms with van der Waals surface area (Å²) in [5.41, 5.74) is 0. The van der Waals surface area contributed by atoms with E-state index in [1.165, 1.54) is 25.7 Å². The summed E-state index contributed by atoms with van der Waals surface area (Å²) in [6.45, 7) is 9.73. The van der Waals surface area contributed by atoms with Crippen molar-refractivity contribution < 1.29 is 24.1 Å². The molecule has 0 saturated carbocycles. The summed E-state index contributed by atoms with van der Waals surface area (Å²) >= 11 is 0. The van der Waals surface area contributed by atoms with Crippen molar-refractivity contribution in [1.82, 2.24) is 0 Å². The molecule has 1 N–H and O–H groups in total. The standard InChI is InChI=1S/C6H10O3.2C6H12O/c7-6(8)5-1-3-9-4-2-5;2*1-6-2-4-7-5-3-6/h5H,1-4H2,(H,7,8);2*6H,2-5H2,1H3. The van der Waals surface area contributed by atoms with E-state index in [0.29, 0.717) is 26.1 Å². The molecule has 0 amide bonds. The molecule has 136 valence electrons. The van der Waals surface area contributed by atoms with Crippen molar-refractivity contribution in [2.24, 2.45) is 17.8 Å². The van der Waals surface area contributed by atoms with Crippen LogP contribution >= 0.6 is 0 Å². The minimum Gasteiger partial charge on any atom is -0.481 e. The van der Waals surface area contributed by atoms with E-state index in [-0.39, 0.29) is 5.92 Å². The van der Waals surface area contributed by atoms with Gasteiger partial charge < -0.3 is 19.3 Å². The Bertz CT molecular complexity index is 274. The van der Waals surface area contributed by atoms with E-state index >= 15 is 0 Å². The van der Waals surface area contributed by atoms with Crippen LogP contribution in [0.5, 0.6) is 0 Å². The van der Waals surface area contributed by atoms with Gasteiger partial charge in [0.25, 0.3) is 0 Å². The third kappa shape index (κ3) is 10.7. The molecule has 0 unspecified atom stereocenters. The fourth-order valence-corrected chi connectivity index (χ4v) is 2.58. The van der Waals surface area contributed by atoms with Crippen molar-refractivity contribution >= 4 is 5.97 Å². The van der Waals surface area contributed by atoms with Crippen LogP contribution in [0.15, 0.2) is 0 Å². The molecule has 23 heavy (non-hydrogen) atoms. The smallest absolute Gasteiger partial charge is 0.306 e. The summed E-state index contributed by atoms with van der Waals surface area (Å²) in [5.74, 6) is 0.986. The fraction of sp³-hybridized carbons (Fsp3) is 0.944. The Morgan fingerprint density at radius 2 is 1.00 bits per heavy atom. The van der Waals surface area contributed by atoms with Gasteiger partial charge in [-0.2, -0.15) is 0 Å². The number of carboxylic acid groups (broad SMARTS) is 1. The number of ether oxygens (including phenoxy) is 3. The highest BCUT2D eigenvalue weighted by atomic mass is 16.5. The van der Waals surface area contributed by atoms with Gasteiger partial charge in [-0.25, -0.2) is 0 Å². The maximum atomic E-state index is 10.3. The van der Waals surface area contributed by atoms with Gasteiger partial charge in [-0.3, -0.25) is 4.79 Å². The Labute approximate surface area is 140 Å². The van der Waals surface area contributed by atoms with Crippen LogP contribution in [-0.4, -0.2) is 50.7 Å². The third-order valence-corrected chi connectivity index (χ3v) is 4.59. The average Bonchev–Trinajstić information content (AvgIpc) is 2.58. The van der Waals surface area contributed by atoms with Crippen LogP contribution in [0.1, 0.15) is 52.4 Å². The predicted octanol–water partition coefficient (Wildman–Crippen LogP) is 3.36. The van der Waals surface area contributed by atoms with E-state index in [1.54, 1.807) is 0 Å². The lowest BCUT2D eigenvalue weighted by Crippen LogP contribution is -2.22. The van der Waals surface area contributed by atoms with E-state index in [9.17, 15) is 4.79 Å². The molecule has 0 atom stereocenters. The fourth-order valence-electron chi connectivity index (χ4n) is 2.58. The van der Waals surface area contributed by atoms with Gasteiger partial charge in [-0.15, -0.1) is 0 Å². The minimum absolute atomic E-state index is 0.154. The SMILES string of the molecule is CC1CCOCC1.CC1CCOCC1.O=C(O)C1CCOCC1. The molecule has 3 heterocycles. The van der Waals surface area contributed by atoms with Crippen LogP contribution in [0, 0.1) is 17.8 Å². The van der Waals surface area contributed by atoms with Crippen molar-refractivity contribution in [2.45, 2.75) is 52.4 Å². The van der Waals surface area contributed by atoms with Gasteiger partial charge in [0.1, 0.15) is 0 Å². The molecule has 0 aromatic carbocycles. The topological polar surface area (TPSA) is 65.0 Å². The van der Waals surface area contributed by atoms with Crippen LogP contribution in [0.2, 0.25) is 0 Å². The van der Waals surface area contributed by atoms with Gasteiger partial charge in [0.2, 0.25) is 0 Å². The van der Waals surface area contributed by atoms with E-state index in [4.69, 9.17) is 19.3 Å². The van der Waals surface area contributed by atoms with Gasteiger partial charge in [0.05, 0.1) is 5.92 Å². The first kappa shape index (κ1) is 20.4. The Balaban J connectivity index is 0.000000175. The number of hydrogen-bond acceptors (Lipinski definition) is 4. The number of carbonyl (C=O) groups is 1. The zero-order chi connectivity index (χ0) is 16.9. The molecular weight excluding hydrogens is 296 g/mol. The molecule has 3 rings (SSSR count). The van der Waals surface area contributed by atoms with Crippen LogP contribution in [0.3, 0.4) is 0 Å². The summed E-state index contributed by atoms with van der Waals surface area (Å²) in [6.07, 6.45) is 6.41. The molecule has 0 aromatic heterocycles. The third-order valence-electron chi connectivity index (χ3n) is 4.59. The summed E-state index contributed by atoms with van der Waals surface area (Å²) in [5, 5.41) is 8.48. The monoisotopic (exact) mass is 330 g/mol. The van der Waals surface area contributed by atoms with Gasteiger partial charge in [-0.05, 0) is 50.4 Å². The molecule has 3 saturated heterocycles. The Kier molecular flexibility index (Phi) is 11.3. The molecule has 0 spiro atoms. The molecule has 3 aliphatic rings. The molecule has 0 aromatic rings. The van der Waals surface area contributed by atoms with E-state index in [2.05, 4.69) is 13.8 Å². The Hall–Kier alpha value is -0.650. The van der Waals surface area contributed by atoms with Gasteiger partial charge in [0, 0.05) is 39.6 Å². The largest absolute Gasteiger partial charge is 0.481 e. The lowest BCUT2D eigenvalue weighted by molar-refractivity contribution is -0.144. The molecule has 3 aliphatic heterocycles. The van der Waals surface area contributed by atoms with Crippen LogP contribution in [-0.2, 0) is 19.0 Å². The van der Waals surface area contributed by atoms with E-state index in [1.807, 2.05) is 0 Å². The number of aliphatic carboxylic acids is 1. The lowest BCUT2D eigenvalue weighted by atomic mass is 10.0. The predicted molar refractivity (Wildman–Crippen MR) is 89.6 cm³/mol. The van der Waals surface area contributed by atoms with Crippen LogP contribution in [0.25, 0.3) is 0 Å². The zero-order valence-electron chi connectivity index (χ0n) is 14.8. The number of carboxylic acids is 1. The second kappa shape index (κ2) is 12.7. The summed E-state index contributed by atoms with van der Waals surface area (Å²) in [6, 6.07) is 0. The maximum Gasteiger partial charge on any atom is 0.306 e. The first-order chi connectivity index (χ1) is 11.1.